The van der Waals surface area contributed by atoms with E-state index in [9.17, 15) is 9.90 Å². The van der Waals surface area contributed by atoms with Crippen molar-refractivity contribution in [3.63, 3.8) is 0 Å². The number of piperidine rings is 1. The van der Waals surface area contributed by atoms with Gasteiger partial charge in [-0.05, 0) is 26.3 Å². The highest BCUT2D eigenvalue weighted by atomic mass is 16.5. The van der Waals surface area contributed by atoms with Gasteiger partial charge in [0.15, 0.2) is 0 Å². The van der Waals surface area contributed by atoms with Crippen molar-refractivity contribution < 1.29 is 24.1 Å². The Kier molecular flexibility index (Phi) is 8.77. The van der Waals surface area contributed by atoms with Crippen LogP contribution in [0.5, 0.6) is 0 Å². The number of nitrogens with zero attached hydrogens (tertiary/aromatic N) is 1. The van der Waals surface area contributed by atoms with Crippen LogP contribution in [0.15, 0.2) is 0 Å². The van der Waals surface area contributed by atoms with Gasteiger partial charge in [0.2, 0.25) is 0 Å². The number of likely N-dealkylation sites (tertiary alicyclic amines) is 1. The van der Waals surface area contributed by atoms with Crippen molar-refractivity contribution in [3.8, 4) is 0 Å². The van der Waals surface area contributed by atoms with Gasteiger partial charge in [-0.25, -0.2) is 0 Å². The molecule has 0 aromatic heterocycles. The van der Waals surface area contributed by atoms with Gasteiger partial charge in [-0.3, -0.25) is 9.69 Å². The van der Waals surface area contributed by atoms with Gasteiger partial charge in [-0.2, -0.15) is 0 Å². The Labute approximate surface area is 121 Å². The molecule has 0 aromatic rings. The lowest BCUT2D eigenvalue weighted by molar-refractivity contribution is -0.150. The highest BCUT2D eigenvalue weighted by Crippen LogP contribution is 2.18. The van der Waals surface area contributed by atoms with Crippen LogP contribution in [0.1, 0.15) is 19.8 Å². The Morgan fingerprint density at radius 1 is 1.45 bits per heavy atom. The third-order valence-corrected chi connectivity index (χ3v) is 3.34. The van der Waals surface area contributed by atoms with Crippen LogP contribution < -0.4 is 0 Å². The maximum Gasteiger partial charge on any atom is 0.310 e. The fraction of sp³-hybridized carbons (Fsp3) is 0.929. The number of ether oxygens (including phenoxy) is 3. The van der Waals surface area contributed by atoms with Crippen molar-refractivity contribution in [2.75, 3.05) is 53.2 Å². The summed E-state index contributed by atoms with van der Waals surface area (Å²) in [6, 6.07) is 0. The van der Waals surface area contributed by atoms with E-state index in [1.807, 2.05) is 6.92 Å². The summed E-state index contributed by atoms with van der Waals surface area (Å²) in [5, 5.41) is 9.91. The molecule has 118 valence electrons. The van der Waals surface area contributed by atoms with E-state index in [-0.39, 0.29) is 11.9 Å². The number of carbonyl (C=O) groups excluding carboxylic acids is 1. The number of carbonyl (C=O) groups is 1. The maximum absolute atomic E-state index is 11.7. The van der Waals surface area contributed by atoms with Crippen molar-refractivity contribution in [3.05, 3.63) is 0 Å². The Morgan fingerprint density at radius 3 is 2.95 bits per heavy atom. The molecule has 0 radical (unpaired) electrons. The highest BCUT2D eigenvalue weighted by molar-refractivity contribution is 5.72. The normalized spacial score (nSPS) is 21.6. The first-order valence-electron chi connectivity index (χ1n) is 7.31. The minimum Gasteiger partial charge on any atom is -0.466 e. The largest absolute Gasteiger partial charge is 0.466 e. The van der Waals surface area contributed by atoms with Gasteiger partial charge >= 0.3 is 5.97 Å². The predicted molar refractivity (Wildman–Crippen MR) is 74.5 cm³/mol. The van der Waals surface area contributed by atoms with Crippen LogP contribution in [-0.4, -0.2) is 75.3 Å². The molecule has 0 saturated carbocycles. The summed E-state index contributed by atoms with van der Waals surface area (Å²) in [6.45, 7) is 5.65. The van der Waals surface area contributed by atoms with Gasteiger partial charge in [0.05, 0.1) is 38.4 Å². The van der Waals surface area contributed by atoms with Crippen molar-refractivity contribution in [2.45, 2.75) is 25.9 Å². The van der Waals surface area contributed by atoms with Crippen molar-refractivity contribution in [1.82, 2.24) is 4.90 Å². The second-order valence-electron chi connectivity index (χ2n) is 5.07. The molecule has 0 spiro atoms. The molecule has 2 atom stereocenters. The molecule has 1 aliphatic heterocycles. The maximum atomic E-state index is 11.7. The Hall–Kier alpha value is -0.690. The standard InChI is InChI=1S/C14H27NO5/c1-3-20-14(17)12-5-4-6-15(9-12)10-13(16)11-19-8-7-18-2/h12-13,16H,3-11H2,1-2H3/t12-,13?/m0/s1. The van der Waals surface area contributed by atoms with Crippen LogP contribution in [0, 0.1) is 5.92 Å². The summed E-state index contributed by atoms with van der Waals surface area (Å²) in [4.78, 5) is 13.8. The summed E-state index contributed by atoms with van der Waals surface area (Å²) < 4.78 is 15.2. The fourth-order valence-electron chi connectivity index (χ4n) is 2.39. The molecular weight excluding hydrogens is 262 g/mol. The van der Waals surface area contributed by atoms with E-state index in [0.717, 1.165) is 19.4 Å². The number of hydrogen-bond acceptors (Lipinski definition) is 6. The SMILES string of the molecule is CCOC(=O)[C@H]1CCCN(CC(O)COCCOC)C1. The third-order valence-electron chi connectivity index (χ3n) is 3.34. The van der Waals surface area contributed by atoms with E-state index in [1.54, 1.807) is 7.11 Å². The van der Waals surface area contributed by atoms with Crippen LogP contribution >= 0.6 is 0 Å². The second-order valence-corrected chi connectivity index (χ2v) is 5.07. The Morgan fingerprint density at radius 2 is 2.25 bits per heavy atom. The number of esters is 1. The molecule has 6 nitrogen and oxygen atoms in total. The predicted octanol–water partition coefficient (Wildman–Crippen LogP) is 0.285. The quantitative estimate of drug-likeness (QED) is 0.486. The molecule has 20 heavy (non-hydrogen) atoms. The van der Waals surface area contributed by atoms with Gasteiger partial charge in [0.25, 0.3) is 0 Å². The average molecular weight is 289 g/mol. The number of hydrogen-bond donors (Lipinski definition) is 1. The number of rotatable bonds is 9. The highest BCUT2D eigenvalue weighted by Gasteiger charge is 2.27. The molecule has 1 rings (SSSR count). The molecule has 0 bridgehead atoms. The molecule has 6 heteroatoms. The Balaban J connectivity index is 2.23. The van der Waals surface area contributed by atoms with E-state index in [1.165, 1.54) is 0 Å². The van der Waals surface area contributed by atoms with E-state index in [2.05, 4.69) is 4.90 Å². The number of aliphatic hydroxyl groups excluding tert-OH is 1. The summed E-state index contributed by atoms with van der Waals surface area (Å²) in [5.74, 6) is -0.187. The molecule has 0 aromatic carbocycles. The molecule has 1 heterocycles. The Bertz CT molecular complexity index is 274. The van der Waals surface area contributed by atoms with Crippen LogP contribution in [0.2, 0.25) is 0 Å². The van der Waals surface area contributed by atoms with Crippen LogP contribution in [0.25, 0.3) is 0 Å². The van der Waals surface area contributed by atoms with Gasteiger partial charge in [-0.1, -0.05) is 0 Å². The van der Waals surface area contributed by atoms with E-state index >= 15 is 0 Å². The summed E-state index contributed by atoms with van der Waals surface area (Å²) in [7, 11) is 1.61. The lowest BCUT2D eigenvalue weighted by Crippen LogP contribution is -2.43. The first-order chi connectivity index (χ1) is 9.67. The molecule has 1 fully saturated rings. The minimum absolute atomic E-state index is 0.0645. The zero-order valence-electron chi connectivity index (χ0n) is 12.5. The molecule has 0 amide bonds. The lowest BCUT2D eigenvalue weighted by Gasteiger charge is -2.32. The summed E-state index contributed by atoms with van der Waals surface area (Å²) in [5.41, 5.74) is 0. The monoisotopic (exact) mass is 289 g/mol. The van der Waals surface area contributed by atoms with Crippen molar-refractivity contribution in [1.29, 1.82) is 0 Å². The first kappa shape index (κ1) is 17.4. The number of methoxy groups -OCH3 is 1. The molecular formula is C14H27NO5. The zero-order valence-corrected chi connectivity index (χ0v) is 12.5. The van der Waals surface area contributed by atoms with Crippen LogP contribution in [-0.2, 0) is 19.0 Å². The zero-order chi connectivity index (χ0) is 14.8. The van der Waals surface area contributed by atoms with Gasteiger partial charge < -0.3 is 19.3 Å². The number of β-amino-alcohol motifs (C(OH)–C–C–N with tert-alkyl or cyclic N) is 1. The van der Waals surface area contributed by atoms with Crippen molar-refractivity contribution >= 4 is 5.97 Å². The molecule has 1 saturated heterocycles. The topological polar surface area (TPSA) is 68.2 Å². The summed E-state index contributed by atoms with van der Waals surface area (Å²) in [6.07, 6.45) is 1.30. The van der Waals surface area contributed by atoms with Gasteiger partial charge in [0.1, 0.15) is 0 Å². The first-order valence-corrected chi connectivity index (χ1v) is 7.31. The molecule has 1 aliphatic rings. The molecule has 0 aliphatic carbocycles. The van der Waals surface area contributed by atoms with Crippen LogP contribution in [0.3, 0.4) is 0 Å². The minimum atomic E-state index is -0.534. The van der Waals surface area contributed by atoms with Crippen molar-refractivity contribution in [2.24, 2.45) is 5.92 Å². The lowest BCUT2D eigenvalue weighted by atomic mass is 9.98. The van der Waals surface area contributed by atoms with Crippen LogP contribution in [0.4, 0.5) is 0 Å². The average Bonchev–Trinajstić information content (AvgIpc) is 2.44. The fourth-order valence-corrected chi connectivity index (χ4v) is 2.39. The number of aliphatic hydroxyl groups is 1. The van der Waals surface area contributed by atoms with Gasteiger partial charge in [-0.15, -0.1) is 0 Å². The molecule has 1 N–H and O–H groups in total. The van der Waals surface area contributed by atoms with Gasteiger partial charge in [0, 0.05) is 20.2 Å². The van der Waals surface area contributed by atoms with E-state index in [4.69, 9.17) is 14.2 Å². The molecule has 1 unspecified atom stereocenters. The van der Waals surface area contributed by atoms with E-state index in [0.29, 0.717) is 39.5 Å². The van der Waals surface area contributed by atoms with E-state index < -0.39 is 6.10 Å². The smallest absolute Gasteiger partial charge is 0.310 e. The second kappa shape index (κ2) is 10.1. The summed E-state index contributed by atoms with van der Waals surface area (Å²) >= 11 is 0. The third kappa shape index (κ3) is 6.65.